The van der Waals surface area contributed by atoms with Gasteiger partial charge in [0.05, 0.1) is 17.9 Å². The highest BCUT2D eigenvalue weighted by molar-refractivity contribution is 5.93. The number of nitriles is 1. The maximum Gasteiger partial charge on any atom is 0.418 e. The third kappa shape index (κ3) is 3.47. The lowest BCUT2D eigenvalue weighted by molar-refractivity contribution is 0.214. The van der Waals surface area contributed by atoms with Crippen molar-refractivity contribution in [1.29, 1.82) is 5.26 Å². The summed E-state index contributed by atoms with van der Waals surface area (Å²) in [6, 6.07) is 4.31. The SMILES string of the molecule is CCOc1nc(NC(=O)N2C[C@H]3C[C@@H](N(C)c4c(C#N)cnc5[nH]ccc45)C[C@H]3C2)no1. The number of pyridine rings is 1. The van der Waals surface area contributed by atoms with E-state index in [2.05, 4.69) is 36.4 Å². The number of likely N-dealkylation sites (tertiary alicyclic amines) is 1. The Labute approximate surface area is 184 Å². The summed E-state index contributed by atoms with van der Waals surface area (Å²) in [5, 5.41) is 17.0. The Balaban J connectivity index is 1.24. The van der Waals surface area contributed by atoms with Crippen molar-refractivity contribution in [3.05, 3.63) is 24.0 Å². The number of nitrogens with zero attached hydrogens (tertiary/aromatic N) is 6. The second-order valence-corrected chi connectivity index (χ2v) is 8.28. The molecule has 166 valence electrons. The van der Waals surface area contributed by atoms with Gasteiger partial charge in [-0.1, -0.05) is 0 Å². The Morgan fingerprint density at radius 3 is 2.94 bits per heavy atom. The highest BCUT2D eigenvalue weighted by atomic mass is 16.6. The number of aromatic nitrogens is 4. The van der Waals surface area contributed by atoms with Gasteiger partial charge in [-0.2, -0.15) is 5.26 Å². The Morgan fingerprint density at radius 2 is 2.22 bits per heavy atom. The predicted molar refractivity (Wildman–Crippen MR) is 115 cm³/mol. The van der Waals surface area contributed by atoms with E-state index >= 15 is 0 Å². The number of anilines is 2. The zero-order valence-electron chi connectivity index (χ0n) is 17.9. The molecular formula is C21H24N8O3. The van der Waals surface area contributed by atoms with E-state index < -0.39 is 0 Å². The third-order valence-corrected chi connectivity index (χ3v) is 6.49. The minimum atomic E-state index is -0.233. The van der Waals surface area contributed by atoms with Gasteiger partial charge >= 0.3 is 12.1 Å². The summed E-state index contributed by atoms with van der Waals surface area (Å²) in [5.41, 5.74) is 2.27. The molecule has 4 heterocycles. The number of carbonyl (C=O) groups excluding carboxylic acids is 1. The number of hydrogen-bond donors (Lipinski definition) is 2. The number of nitrogens with one attached hydrogen (secondary N) is 2. The molecule has 0 radical (unpaired) electrons. The molecule has 0 unspecified atom stereocenters. The summed E-state index contributed by atoms with van der Waals surface area (Å²) in [6.07, 6.45) is 5.43. The number of urea groups is 1. The van der Waals surface area contributed by atoms with Crippen molar-refractivity contribution in [2.45, 2.75) is 25.8 Å². The van der Waals surface area contributed by atoms with E-state index in [-0.39, 0.29) is 18.1 Å². The minimum absolute atomic E-state index is 0.0383. The number of rotatable bonds is 5. The van der Waals surface area contributed by atoms with Crippen molar-refractivity contribution in [2.75, 3.05) is 37.0 Å². The van der Waals surface area contributed by atoms with Crippen LogP contribution in [0.5, 0.6) is 6.08 Å². The summed E-state index contributed by atoms with van der Waals surface area (Å²) in [5.74, 6) is 0.920. The molecule has 2 fully saturated rings. The molecule has 11 heteroatoms. The number of hydrogen-bond acceptors (Lipinski definition) is 8. The second kappa shape index (κ2) is 8.03. The van der Waals surface area contributed by atoms with Crippen LogP contribution < -0.4 is 15.0 Å². The first kappa shape index (κ1) is 20.1. The van der Waals surface area contributed by atoms with Gasteiger partial charge in [0.25, 0.3) is 5.95 Å². The fraction of sp³-hybridized carbons (Fsp3) is 0.476. The lowest BCUT2D eigenvalue weighted by Gasteiger charge is -2.29. The minimum Gasteiger partial charge on any atom is -0.449 e. The molecule has 2 N–H and O–H groups in total. The van der Waals surface area contributed by atoms with E-state index in [1.165, 1.54) is 0 Å². The fourth-order valence-electron chi connectivity index (χ4n) is 5.01. The number of carbonyl (C=O) groups is 1. The van der Waals surface area contributed by atoms with E-state index in [0.29, 0.717) is 43.1 Å². The Kier molecular flexibility index (Phi) is 5.05. The molecule has 2 amide bonds. The van der Waals surface area contributed by atoms with Crippen molar-refractivity contribution in [1.82, 2.24) is 25.0 Å². The van der Waals surface area contributed by atoms with Gasteiger partial charge in [-0.25, -0.2) is 9.78 Å². The fourth-order valence-corrected chi connectivity index (χ4v) is 5.01. The van der Waals surface area contributed by atoms with Crippen LogP contribution in [0, 0.1) is 23.2 Å². The summed E-state index contributed by atoms with van der Waals surface area (Å²) in [6.45, 7) is 3.58. The molecule has 1 aliphatic carbocycles. The van der Waals surface area contributed by atoms with Crippen molar-refractivity contribution in [3.63, 3.8) is 0 Å². The molecule has 0 spiro atoms. The molecular weight excluding hydrogens is 412 g/mol. The Hall–Kier alpha value is -3.81. The van der Waals surface area contributed by atoms with Crippen molar-refractivity contribution < 1.29 is 14.1 Å². The first-order valence-electron chi connectivity index (χ1n) is 10.7. The summed E-state index contributed by atoms with van der Waals surface area (Å²) in [4.78, 5) is 28.1. The van der Waals surface area contributed by atoms with Gasteiger partial charge in [-0.15, -0.1) is 4.98 Å². The highest BCUT2D eigenvalue weighted by Crippen LogP contribution is 2.42. The monoisotopic (exact) mass is 436 g/mol. The number of aromatic amines is 1. The molecule has 3 aromatic heterocycles. The smallest absolute Gasteiger partial charge is 0.418 e. The van der Waals surface area contributed by atoms with Gasteiger partial charge in [-0.3, -0.25) is 9.84 Å². The van der Waals surface area contributed by atoms with Crippen molar-refractivity contribution >= 4 is 28.7 Å². The van der Waals surface area contributed by atoms with Gasteiger partial charge in [0, 0.05) is 44.0 Å². The van der Waals surface area contributed by atoms with Crippen LogP contribution in [0.1, 0.15) is 25.3 Å². The van der Waals surface area contributed by atoms with E-state index in [1.807, 2.05) is 26.2 Å². The molecule has 1 aliphatic heterocycles. The molecule has 1 saturated heterocycles. The predicted octanol–water partition coefficient (Wildman–Crippen LogP) is 2.59. The molecule has 3 aromatic rings. The maximum absolute atomic E-state index is 12.6. The van der Waals surface area contributed by atoms with E-state index in [4.69, 9.17) is 9.26 Å². The Bertz CT molecular complexity index is 1170. The lowest BCUT2D eigenvalue weighted by atomic mass is 10.0. The van der Waals surface area contributed by atoms with Gasteiger partial charge < -0.3 is 19.5 Å². The molecule has 0 bridgehead atoms. The molecule has 0 aromatic carbocycles. The van der Waals surface area contributed by atoms with Crippen LogP contribution in [-0.2, 0) is 0 Å². The number of H-pyrrole nitrogens is 1. The van der Waals surface area contributed by atoms with Crippen LogP contribution in [0.2, 0.25) is 0 Å². The van der Waals surface area contributed by atoms with Crippen LogP contribution in [0.4, 0.5) is 16.4 Å². The Morgan fingerprint density at radius 1 is 1.44 bits per heavy atom. The number of amides is 2. The van der Waals surface area contributed by atoms with Gasteiger partial charge in [0.15, 0.2) is 0 Å². The number of ether oxygens (including phenoxy) is 1. The molecule has 11 nitrogen and oxygen atoms in total. The third-order valence-electron chi connectivity index (χ3n) is 6.49. The van der Waals surface area contributed by atoms with Gasteiger partial charge in [-0.05, 0) is 42.8 Å². The molecule has 5 rings (SSSR count). The standard InChI is InChI=1S/C21H24N8O3/c1-3-31-21-26-19(27-32-21)25-20(30)29-10-12-6-15(7-13(12)11-29)28(2)17-14(8-22)9-24-18-16(17)4-5-23-18/h4-5,9,12-13,15H,3,6-7,10-11H2,1-2H3,(H,23,24)(H,25,27,30)/t12-,13+,15-. The van der Waals surface area contributed by atoms with E-state index in [0.717, 1.165) is 29.6 Å². The van der Waals surface area contributed by atoms with Crippen LogP contribution in [0.25, 0.3) is 11.0 Å². The first-order valence-corrected chi connectivity index (χ1v) is 10.7. The second-order valence-electron chi connectivity index (χ2n) is 8.28. The first-order chi connectivity index (χ1) is 15.6. The zero-order valence-corrected chi connectivity index (χ0v) is 17.9. The quantitative estimate of drug-likeness (QED) is 0.623. The van der Waals surface area contributed by atoms with E-state index in [1.54, 1.807) is 11.1 Å². The molecule has 32 heavy (non-hydrogen) atoms. The summed E-state index contributed by atoms with van der Waals surface area (Å²) in [7, 11) is 2.05. The highest BCUT2D eigenvalue weighted by Gasteiger charge is 2.44. The van der Waals surface area contributed by atoms with Crippen LogP contribution in [0.15, 0.2) is 23.0 Å². The van der Waals surface area contributed by atoms with Crippen LogP contribution in [0.3, 0.4) is 0 Å². The normalized spacial score (nSPS) is 22.0. The van der Waals surface area contributed by atoms with Crippen molar-refractivity contribution in [3.8, 4) is 12.1 Å². The van der Waals surface area contributed by atoms with Gasteiger partial charge in [0.2, 0.25) is 0 Å². The van der Waals surface area contributed by atoms with Crippen LogP contribution in [-0.4, -0.2) is 63.8 Å². The topological polar surface area (TPSA) is 136 Å². The lowest BCUT2D eigenvalue weighted by Crippen LogP contribution is -2.36. The summed E-state index contributed by atoms with van der Waals surface area (Å²) < 4.78 is 10.0. The average Bonchev–Trinajstić information content (AvgIpc) is 3.55. The molecule has 2 aliphatic rings. The van der Waals surface area contributed by atoms with Crippen LogP contribution >= 0.6 is 0 Å². The van der Waals surface area contributed by atoms with Crippen molar-refractivity contribution in [2.24, 2.45) is 11.8 Å². The molecule has 3 atom stereocenters. The van der Waals surface area contributed by atoms with Gasteiger partial charge in [0.1, 0.15) is 11.7 Å². The average molecular weight is 436 g/mol. The zero-order chi connectivity index (χ0) is 22.2. The van der Waals surface area contributed by atoms with E-state index in [9.17, 15) is 10.1 Å². The summed E-state index contributed by atoms with van der Waals surface area (Å²) >= 11 is 0. The largest absolute Gasteiger partial charge is 0.449 e. The number of fused-ring (bicyclic) bond motifs is 2. The molecule has 1 saturated carbocycles. The maximum atomic E-state index is 12.6.